The van der Waals surface area contributed by atoms with Gasteiger partial charge in [0.25, 0.3) is 12.3 Å². The highest BCUT2D eigenvalue weighted by atomic mass is 32.2. The molecular formula is C58H46O7S2. The van der Waals surface area contributed by atoms with Crippen molar-refractivity contribution in [1.82, 2.24) is 0 Å². The van der Waals surface area contributed by atoms with Gasteiger partial charge in [-0.2, -0.15) is 0 Å². The monoisotopic (exact) mass is 918 g/mol. The van der Waals surface area contributed by atoms with Crippen molar-refractivity contribution in [3.8, 4) is 45.6 Å². The van der Waals surface area contributed by atoms with E-state index in [9.17, 15) is 9.90 Å². The first kappa shape index (κ1) is 43.6. The van der Waals surface area contributed by atoms with Crippen LogP contribution in [0.4, 0.5) is 0 Å². The molecule has 67 heavy (non-hydrogen) atoms. The lowest BCUT2D eigenvalue weighted by Crippen LogP contribution is -2.32. The van der Waals surface area contributed by atoms with Crippen LogP contribution in [0.2, 0.25) is 0 Å². The van der Waals surface area contributed by atoms with Crippen LogP contribution in [0, 0.1) is 0 Å². The number of thiol groups is 1. The fraction of sp³-hybridized carbons (Fsp3) is 0.121. The number of fused-ring (bicyclic) bond motifs is 11. The molecule has 9 aromatic carbocycles. The number of phenols is 1. The summed E-state index contributed by atoms with van der Waals surface area (Å²) in [7, 11) is 0. The summed E-state index contributed by atoms with van der Waals surface area (Å²) in [5.74, 6) is 2.19. The predicted octanol–water partition coefficient (Wildman–Crippen LogP) is 15.3. The molecule has 0 amide bonds. The molecule has 3 aliphatic rings. The van der Waals surface area contributed by atoms with Crippen molar-refractivity contribution in [3.63, 3.8) is 0 Å². The molecule has 1 N–H and O–H groups in total. The second kappa shape index (κ2) is 17.8. The van der Waals surface area contributed by atoms with E-state index in [0.717, 1.165) is 39.4 Å². The number of hydrogen-bond donors (Lipinski definition) is 2. The van der Waals surface area contributed by atoms with E-state index in [0.29, 0.717) is 51.0 Å². The molecule has 2 aliphatic heterocycles. The lowest BCUT2D eigenvalue weighted by molar-refractivity contribution is 0.0224. The third kappa shape index (κ3) is 7.12. The van der Waals surface area contributed by atoms with Gasteiger partial charge in [0.1, 0.15) is 34.5 Å². The van der Waals surface area contributed by atoms with Gasteiger partial charge in [0.15, 0.2) is 5.60 Å². The van der Waals surface area contributed by atoms with Gasteiger partial charge in [-0.05, 0) is 122 Å². The molecule has 0 saturated heterocycles. The van der Waals surface area contributed by atoms with Crippen LogP contribution in [0.5, 0.6) is 34.5 Å². The maximum atomic E-state index is 13.2. The zero-order valence-electron chi connectivity index (χ0n) is 37.3. The zero-order chi connectivity index (χ0) is 46.3. The molecule has 0 saturated carbocycles. The van der Waals surface area contributed by atoms with Gasteiger partial charge in [0.2, 0.25) is 0 Å². The highest BCUT2D eigenvalue weighted by molar-refractivity contribution is 7.90. The lowest BCUT2D eigenvalue weighted by Gasteiger charge is -2.36. The maximum absolute atomic E-state index is 13.2. The summed E-state index contributed by atoms with van der Waals surface area (Å²) in [5.41, 5.74) is 7.90. The number of esters is 1. The third-order valence-electron chi connectivity index (χ3n) is 12.5. The SMILES string of the molecule is CC.CCC.O=C1OC2(c3ccc(O)cc3Oc3cc(OSOc4ccc5cc(C6(c7ccc8cc(OS)ccc8c7)c7ccccc7-c7ccccc76)ccc5c4)ccc32)c2ccccc21. The van der Waals surface area contributed by atoms with Gasteiger partial charge in [0.05, 0.1) is 11.0 Å². The number of carbonyl (C=O) groups is 1. The minimum absolute atomic E-state index is 0.0288. The van der Waals surface area contributed by atoms with E-state index in [1.807, 2.05) is 62.4 Å². The molecule has 0 fully saturated rings. The van der Waals surface area contributed by atoms with E-state index in [-0.39, 0.29) is 5.75 Å². The minimum Gasteiger partial charge on any atom is -0.508 e. The Morgan fingerprint density at radius 1 is 0.522 bits per heavy atom. The van der Waals surface area contributed by atoms with E-state index >= 15 is 0 Å². The smallest absolute Gasteiger partial charge is 0.340 e. The molecule has 1 spiro atoms. The minimum atomic E-state index is -1.25. The van der Waals surface area contributed by atoms with E-state index in [1.165, 1.54) is 40.3 Å². The summed E-state index contributed by atoms with van der Waals surface area (Å²) >= 11 is 4.86. The van der Waals surface area contributed by atoms with Crippen molar-refractivity contribution in [2.75, 3.05) is 0 Å². The number of carbonyl (C=O) groups excluding carboxylic acids is 1. The molecule has 1 aliphatic carbocycles. The summed E-state index contributed by atoms with van der Waals surface area (Å²) in [5, 5.41) is 14.6. The second-order valence-electron chi connectivity index (χ2n) is 16.4. The predicted molar refractivity (Wildman–Crippen MR) is 271 cm³/mol. The number of ether oxygens (including phenoxy) is 2. The standard InChI is InChI=1S/C53H32O7S2.C3H8.C2H6/c54-37-19-23-47-49(29-37)56-50-30-40(22-24-48(50)53(47)46-12-6-3-9-43(46)51(55)57-53)60-62-59-39-21-16-32-26-36(18-14-34(32)28-39)52(35-17-13-33-27-38(58-61)20-15-31(33)25-35)44-10-4-1-7-41(44)42-8-2-5-11-45(42)52;1-3-2;1-2/h1-30,54,61H;3H2,1-2H3;1-2H3. The van der Waals surface area contributed by atoms with Crippen molar-refractivity contribution in [2.24, 2.45) is 0 Å². The van der Waals surface area contributed by atoms with Gasteiger partial charge >= 0.3 is 5.97 Å². The molecule has 0 aromatic heterocycles. The third-order valence-corrected chi connectivity index (χ3v) is 13.2. The number of rotatable bonds is 7. The van der Waals surface area contributed by atoms with Gasteiger partial charge in [-0.1, -0.05) is 137 Å². The molecule has 7 nitrogen and oxygen atoms in total. The van der Waals surface area contributed by atoms with E-state index < -0.39 is 17.0 Å². The summed E-state index contributed by atoms with van der Waals surface area (Å²) in [4.78, 5) is 13.2. The summed E-state index contributed by atoms with van der Waals surface area (Å²) in [6.07, 6.45) is 1.25. The van der Waals surface area contributed by atoms with Gasteiger partial charge in [-0.15, -0.1) is 0 Å². The number of phenolic OH excluding ortho intramolecular Hbond substituents is 1. The van der Waals surface area contributed by atoms with E-state index in [2.05, 4.69) is 124 Å². The largest absolute Gasteiger partial charge is 0.508 e. The van der Waals surface area contributed by atoms with E-state index in [1.54, 1.807) is 30.3 Å². The molecular weight excluding hydrogens is 873 g/mol. The van der Waals surface area contributed by atoms with Gasteiger partial charge in [-0.3, -0.25) is 0 Å². The second-order valence-corrected chi connectivity index (χ2v) is 17.0. The first-order valence-corrected chi connectivity index (χ1v) is 23.5. The van der Waals surface area contributed by atoms with Crippen LogP contribution in [0.15, 0.2) is 182 Å². The Kier molecular flexibility index (Phi) is 11.6. The topological polar surface area (TPSA) is 83.5 Å². The molecule has 1 atom stereocenters. The van der Waals surface area contributed by atoms with Crippen molar-refractivity contribution < 1.29 is 31.9 Å². The normalized spacial score (nSPS) is 15.3. The van der Waals surface area contributed by atoms with Crippen LogP contribution < -0.4 is 17.3 Å². The molecule has 9 heteroatoms. The molecule has 332 valence electrons. The van der Waals surface area contributed by atoms with Crippen LogP contribution in [0.1, 0.15) is 83.4 Å². The molecule has 0 radical (unpaired) electrons. The van der Waals surface area contributed by atoms with Crippen LogP contribution in [-0.4, -0.2) is 11.1 Å². The Labute approximate surface area is 399 Å². The number of aromatic hydroxyl groups is 1. The Hall–Kier alpha value is -7.33. The first-order chi connectivity index (χ1) is 32.8. The molecule has 0 bridgehead atoms. The number of hydrogen-bond acceptors (Lipinski definition) is 9. The Morgan fingerprint density at radius 3 is 1.60 bits per heavy atom. The summed E-state index contributed by atoms with van der Waals surface area (Å²) in [6.45, 7) is 8.25. The average Bonchev–Trinajstić information content (AvgIpc) is 3.84. The average molecular weight is 919 g/mol. The fourth-order valence-electron chi connectivity index (χ4n) is 9.84. The summed E-state index contributed by atoms with van der Waals surface area (Å²) in [6, 6.07) is 60.4. The zero-order valence-corrected chi connectivity index (χ0v) is 39.0. The van der Waals surface area contributed by atoms with Crippen LogP contribution >= 0.6 is 25.2 Å². The van der Waals surface area contributed by atoms with Gasteiger partial charge in [0, 0.05) is 41.7 Å². The highest BCUT2D eigenvalue weighted by Crippen LogP contribution is 2.58. The highest BCUT2D eigenvalue weighted by Gasteiger charge is 2.53. The molecule has 2 heterocycles. The Morgan fingerprint density at radius 2 is 0.985 bits per heavy atom. The van der Waals surface area contributed by atoms with E-state index in [4.69, 9.17) is 22.0 Å². The van der Waals surface area contributed by atoms with Crippen molar-refractivity contribution in [1.29, 1.82) is 0 Å². The van der Waals surface area contributed by atoms with Crippen molar-refractivity contribution in [3.05, 3.63) is 226 Å². The van der Waals surface area contributed by atoms with Crippen LogP contribution in [0.25, 0.3) is 32.7 Å². The Balaban J connectivity index is 0.00000101. The van der Waals surface area contributed by atoms with Gasteiger partial charge in [-0.25, -0.2) is 4.79 Å². The number of benzene rings is 9. The first-order valence-electron chi connectivity index (χ1n) is 22.4. The molecule has 9 aromatic rings. The quantitative estimate of drug-likeness (QED) is 0.0929. The lowest BCUT2D eigenvalue weighted by atomic mass is 9.67. The van der Waals surface area contributed by atoms with Crippen molar-refractivity contribution in [2.45, 2.75) is 45.1 Å². The molecule has 1 unspecified atom stereocenters. The molecule has 12 rings (SSSR count). The maximum Gasteiger partial charge on any atom is 0.340 e. The van der Waals surface area contributed by atoms with Crippen molar-refractivity contribution >= 4 is 52.7 Å². The summed E-state index contributed by atoms with van der Waals surface area (Å²) < 4.78 is 29.9. The van der Waals surface area contributed by atoms with Crippen LogP contribution in [-0.2, 0) is 15.8 Å². The Bertz CT molecular complexity index is 3320. The van der Waals surface area contributed by atoms with Gasteiger partial charge < -0.3 is 27.1 Å². The van der Waals surface area contributed by atoms with Crippen LogP contribution in [0.3, 0.4) is 0 Å². The fourth-order valence-corrected chi connectivity index (χ4v) is 10.4.